The van der Waals surface area contributed by atoms with Crippen molar-refractivity contribution in [1.82, 2.24) is 15.1 Å². The molecule has 1 amide bonds. The van der Waals surface area contributed by atoms with Crippen molar-refractivity contribution in [2.24, 2.45) is 0 Å². The maximum Gasteiger partial charge on any atom is 0.230 e. The van der Waals surface area contributed by atoms with Crippen molar-refractivity contribution in [3.05, 3.63) is 88.7 Å². The van der Waals surface area contributed by atoms with E-state index in [1.165, 1.54) is 11.1 Å². The Morgan fingerprint density at radius 3 is 2.30 bits per heavy atom. The zero-order valence-electron chi connectivity index (χ0n) is 15.8. The number of nitrogens with zero attached hydrogens (tertiary/aromatic N) is 2. The van der Waals surface area contributed by atoms with E-state index in [0.717, 1.165) is 29.2 Å². The Morgan fingerprint density at radius 2 is 1.63 bits per heavy atom. The SMILES string of the molecule is Cc1nn(Cc2ccccc2)c(C)c1CNC(=O)CSCc1ccccc1. The molecule has 0 aliphatic rings. The Hall–Kier alpha value is -2.53. The number of carbonyl (C=O) groups is 1. The van der Waals surface area contributed by atoms with Crippen LogP contribution >= 0.6 is 11.8 Å². The molecule has 0 saturated carbocycles. The van der Waals surface area contributed by atoms with Crippen LogP contribution in [0.25, 0.3) is 0 Å². The predicted octanol–water partition coefficient (Wildman–Crippen LogP) is 4.10. The van der Waals surface area contributed by atoms with Crippen molar-refractivity contribution in [2.45, 2.75) is 32.7 Å². The van der Waals surface area contributed by atoms with Crippen molar-refractivity contribution in [3.63, 3.8) is 0 Å². The molecular weight excluding hydrogens is 354 g/mol. The number of aryl methyl sites for hydroxylation is 1. The Labute approximate surface area is 165 Å². The highest BCUT2D eigenvalue weighted by atomic mass is 32.2. The van der Waals surface area contributed by atoms with Crippen LogP contribution in [-0.4, -0.2) is 21.4 Å². The summed E-state index contributed by atoms with van der Waals surface area (Å²) in [6, 6.07) is 20.5. The number of hydrogen-bond acceptors (Lipinski definition) is 3. The maximum absolute atomic E-state index is 12.2. The van der Waals surface area contributed by atoms with E-state index in [0.29, 0.717) is 12.3 Å². The molecule has 0 saturated heterocycles. The predicted molar refractivity (Wildman–Crippen MR) is 112 cm³/mol. The van der Waals surface area contributed by atoms with Crippen molar-refractivity contribution in [2.75, 3.05) is 5.75 Å². The van der Waals surface area contributed by atoms with Gasteiger partial charge in [-0.25, -0.2) is 0 Å². The van der Waals surface area contributed by atoms with E-state index in [4.69, 9.17) is 0 Å². The molecule has 5 heteroatoms. The highest BCUT2D eigenvalue weighted by Gasteiger charge is 2.13. The molecule has 0 atom stereocenters. The molecule has 1 N–H and O–H groups in total. The smallest absolute Gasteiger partial charge is 0.230 e. The summed E-state index contributed by atoms with van der Waals surface area (Å²) < 4.78 is 2.01. The quantitative estimate of drug-likeness (QED) is 0.641. The van der Waals surface area contributed by atoms with Crippen molar-refractivity contribution < 1.29 is 4.79 Å². The van der Waals surface area contributed by atoms with Crippen molar-refractivity contribution in [1.29, 1.82) is 0 Å². The van der Waals surface area contributed by atoms with Crippen LogP contribution in [0.1, 0.15) is 28.1 Å². The average Bonchev–Trinajstić information content (AvgIpc) is 2.95. The Morgan fingerprint density at radius 1 is 1.00 bits per heavy atom. The first kappa shape index (κ1) is 19.2. The minimum atomic E-state index is 0.0607. The minimum Gasteiger partial charge on any atom is -0.351 e. The second-order valence-electron chi connectivity index (χ2n) is 6.55. The lowest BCUT2D eigenvalue weighted by Crippen LogP contribution is -2.25. The van der Waals surface area contributed by atoms with Gasteiger partial charge in [0.2, 0.25) is 5.91 Å². The number of benzene rings is 2. The summed E-state index contributed by atoms with van der Waals surface area (Å²) in [5, 5.41) is 7.68. The molecule has 4 nitrogen and oxygen atoms in total. The maximum atomic E-state index is 12.2. The number of hydrogen-bond donors (Lipinski definition) is 1. The average molecular weight is 380 g/mol. The van der Waals surface area contributed by atoms with Gasteiger partial charge in [0.25, 0.3) is 0 Å². The molecule has 0 fully saturated rings. The Kier molecular flexibility index (Phi) is 6.71. The van der Waals surface area contributed by atoms with Gasteiger partial charge in [-0.3, -0.25) is 9.48 Å². The molecule has 0 spiro atoms. The van der Waals surface area contributed by atoms with E-state index in [2.05, 4.69) is 41.6 Å². The van der Waals surface area contributed by atoms with Gasteiger partial charge in [-0.1, -0.05) is 60.7 Å². The highest BCUT2D eigenvalue weighted by Crippen LogP contribution is 2.15. The van der Waals surface area contributed by atoms with Gasteiger partial charge in [-0.2, -0.15) is 5.10 Å². The van der Waals surface area contributed by atoms with E-state index in [1.807, 2.05) is 48.0 Å². The van der Waals surface area contributed by atoms with E-state index in [9.17, 15) is 4.79 Å². The van der Waals surface area contributed by atoms with Crippen LogP contribution in [0.5, 0.6) is 0 Å². The first-order chi connectivity index (χ1) is 13.1. The molecule has 1 aromatic heterocycles. The minimum absolute atomic E-state index is 0.0607. The van der Waals surface area contributed by atoms with Gasteiger partial charge in [0.05, 0.1) is 18.0 Å². The molecule has 1 heterocycles. The van der Waals surface area contributed by atoms with Gasteiger partial charge < -0.3 is 5.32 Å². The van der Waals surface area contributed by atoms with E-state index < -0.39 is 0 Å². The molecule has 0 radical (unpaired) electrons. The number of amides is 1. The number of carbonyl (C=O) groups excluding carboxylic acids is 1. The van der Waals surface area contributed by atoms with Crippen LogP contribution in [0.15, 0.2) is 60.7 Å². The molecule has 27 heavy (non-hydrogen) atoms. The molecule has 0 aliphatic carbocycles. The van der Waals surface area contributed by atoms with Crippen LogP contribution < -0.4 is 5.32 Å². The zero-order chi connectivity index (χ0) is 19.1. The Balaban J connectivity index is 1.51. The Bertz CT molecular complexity index is 875. The van der Waals surface area contributed by atoms with E-state index in [-0.39, 0.29) is 5.91 Å². The topological polar surface area (TPSA) is 46.9 Å². The highest BCUT2D eigenvalue weighted by molar-refractivity contribution is 7.99. The van der Waals surface area contributed by atoms with Gasteiger partial charge in [-0.15, -0.1) is 11.8 Å². The van der Waals surface area contributed by atoms with Crippen LogP contribution in [-0.2, 0) is 23.6 Å². The molecule has 0 unspecified atom stereocenters. The molecule has 0 bridgehead atoms. The third-order valence-electron chi connectivity index (χ3n) is 4.51. The third kappa shape index (κ3) is 5.47. The van der Waals surface area contributed by atoms with Crippen LogP contribution in [0.2, 0.25) is 0 Å². The van der Waals surface area contributed by atoms with Crippen LogP contribution in [0.3, 0.4) is 0 Å². The fourth-order valence-electron chi connectivity index (χ4n) is 2.97. The lowest BCUT2D eigenvalue weighted by molar-refractivity contribution is -0.118. The zero-order valence-corrected chi connectivity index (χ0v) is 16.6. The van der Waals surface area contributed by atoms with Gasteiger partial charge in [0.1, 0.15) is 0 Å². The monoisotopic (exact) mass is 379 g/mol. The van der Waals surface area contributed by atoms with Gasteiger partial charge in [0, 0.05) is 23.6 Å². The molecular formula is C22H25N3OS. The number of aromatic nitrogens is 2. The number of rotatable bonds is 8. The molecule has 3 aromatic rings. The second kappa shape index (κ2) is 9.42. The largest absolute Gasteiger partial charge is 0.351 e. The van der Waals surface area contributed by atoms with Gasteiger partial charge in [-0.05, 0) is 25.0 Å². The normalized spacial score (nSPS) is 10.7. The molecule has 2 aromatic carbocycles. The van der Waals surface area contributed by atoms with Crippen molar-refractivity contribution >= 4 is 17.7 Å². The van der Waals surface area contributed by atoms with E-state index >= 15 is 0 Å². The first-order valence-corrected chi connectivity index (χ1v) is 10.2. The fraction of sp³-hybridized carbons (Fsp3) is 0.273. The second-order valence-corrected chi connectivity index (χ2v) is 7.53. The number of thioether (sulfide) groups is 1. The third-order valence-corrected chi connectivity index (χ3v) is 5.52. The summed E-state index contributed by atoms with van der Waals surface area (Å²) in [7, 11) is 0. The summed E-state index contributed by atoms with van der Waals surface area (Å²) >= 11 is 1.63. The van der Waals surface area contributed by atoms with Gasteiger partial charge >= 0.3 is 0 Å². The van der Waals surface area contributed by atoms with E-state index in [1.54, 1.807) is 11.8 Å². The first-order valence-electron chi connectivity index (χ1n) is 9.08. The molecule has 140 valence electrons. The fourth-order valence-corrected chi connectivity index (χ4v) is 3.79. The summed E-state index contributed by atoms with van der Waals surface area (Å²) in [5.41, 5.74) is 5.64. The van der Waals surface area contributed by atoms with Crippen molar-refractivity contribution in [3.8, 4) is 0 Å². The summed E-state index contributed by atoms with van der Waals surface area (Å²) in [4.78, 5) is 12.2. The molecule has 0 aliphatic heterocycles. The van der Waals surface area contributed by atoms with Crippen LogP contribution in [0.4, 0.5) is 0 Å². The summed E-state index contributed by atoms with van der Waals surface area (Å²) in [6.07, 6.45) is 0. The van der Waals surface area contributed by atoms with Gasteiger partial charge in [0.15, 0.2) is 0 Å². The molecule has 3 rings (SSSR count). The number of nitrogens with one attached hydrogen (secondary N) is 1. The standard InChI is InChI=1S/C22H25N3OS/c1-17-21(18(2)25(24-17)14-19-9-5-3-6-10-19)13-23-22(26)16-27-15-20-11-7-4-8-12-20/h3-12H,13-16H2,1-2H3,(H,23,26). The summed E-state index contributed by atoms with van der Waals surface area (Å²) in [6.45, 7) is 5.33. The summed E-state index contributed by atoms with van der Waals surface area (Å²) in [5.74, 6) is 1.37. The lowest BCUT2D eigenvalue weighted by Gasteiger charge is -2.07. The van der Waals surface area contributed by atoms with Crippen LogP contribution in [0, 0.1) is 13.8 Å². The lowest BCUT2D eigenvalue weighted by atomic mass is 10.2.